The maximum absolute atomic E-state index is 12.9. The van der Waals surface area contributed by atoms with Crippen molar-refractivity contribution in [2.75, 3.05) is 6.54 Å². The molecule has 0 aliphatic heterocycles. The predicted octanol–water partition coefficient (Wildman–Crippen LogP) is 5.61. The largest absolute Gasteiger partial charge is 0.508 e. The number of sulfone groups is 1. The van der Waals surface area contributed by atoms with Gasteiger partial charge >= 0.3 is 0 Å². The number of aliphatic hydroxyl groups excluding tert-OH is 1. The van der Waals surface area contributed by atoms with Crippen LogP contribution in [0.3, 0.4) is 0 Å². The normalized spacial score (nSPS) is 12.5. The lowest BCUT2D eigenvalue weighted by atomic mass is 10.1. The van der Waals surface area contributed by atoms with E-state index < -0.39 is 15.9 Å². The number of rotatable bonds is 9. The third kappa shape index (κ3) is 6.50. The van der Waals surface area contributed by atoms with Crippen LogP contribution in [-0.2, 0) is 22.9 Å². The van der Waals surface area contributed by atoms with E-state index in [0.29, 0.717) is 24.7 Å². The van der Waals surface area contributed by atoms with Crippen LogP contribution >= 0.6 is 11.6 Å². The second kappa shape index (κ2) is 11.1. The molecule has 0 saturated carbocycles. The Morgan fingerprint density at radius 2 is 1.31 bits per heavy atom. The summed E-state index contributed by atoms with van der Waals surface area (Å²) in [6.45, 7) is 1.51. The van der Waals surface area contributed by atoms with Crippen LogP contribution in [0.5, 0.6) is 5.75 Å². The van der Waals surface area contributed by atoms with Crippen LogP contribution < -0.4 is 0 Å². The minimum Gasteiger partial charge on any atom is -0.508 e. The third-order valence-electron chi connectivity index (χ3n) is 5.70. The number of hydrogen-bond donors (Lipinski definition) is 2. The van der Waals surface area contributed by atoms with E-state index in [1.54, 1.807) is 36.4 Å². The van der Waals surface area contributed by atoms with Gasteiger partial charge in [0.2, 0.25) is 9.84 Å². The average molecular weight is 508 g/mol. The minimum atomic E-state index is -3.69. The van der Waals surface area contributed by atoms with Gasteiger partial charge in [-0.15, -0.1) is 0 Å². The molecule has 4 rings (SSSR count). The number of phenolic OH excluding ortho intramolecular Hbond substituents is 1. The molecule has 0 heterocycles. The molecule has 0 bridgehead atoms. The quantitative estimate of drug-likeness (QED) is 0.308. The second-order valence-corrected chi connectivity index (χ2v) is 10.8. The lowest BCUT2D eigenvalue weighted by Gasteiger charge is -2.26. The van der Waals surface area contributed by atoms with Crippen LogP contribution in [0, 0.1) is 0 Å². The maximum atomic E-state index is 12.9. The van der Waals surface area contributed by atoms with Gasteiger partial charge in [-0.25, -0.2) is 8.42 Å². The van der Waals surface area contributed by atoms with Crippen molar-refractivity contribution in [2.45, 2.75) is 29.0 Å². The number of halogens is 1. The van der Waals surface area contributed by atoms with E-state index >= 15 is 0 Å². The van der Waals surface area contributed by atoms with Crippen LogP contribution in [0.15, 0.2) is 113 Å². The lowest BCUT2D eigenvalue weighted by molar-refractivity contribution is 0.105. The van der Waals surface area contributed by atoms with Crippen molar-refractivity contribution >= 4 is 21.4 Å². The third-order valence-corrected chi connectivity index (χ3v) is 7.72. The summed E-state index contributed by atoms with van der Waals surface area (Å²) in [5, 5.41) is 20.9. The van der Waals surface area contributed by atoms with Crippen LogP contribution in [0.25, 0.3) is 0 Å². The van der Waals surface area contributed by atoms with Crippen molar-refractivity contribution in [3.05, 3.63) is 125 Å². The minimum absolute atomic E-state index is 0.0118. The molecule has 0 fully saturated rings. The molecule has 0 radical (unpaired) electrons. The Morgan fingerprint density at radius 1 is 0.743 bits per heavy atom. The Bertz CT molecular complexity index is 1360. The highest BCUT2D eigenvalue weighted by molar-refractivity contribution is 7.91. The first-order valence-electron chi connectivity index (χ1n) is 11.1. The fourth-order valence-electron chi connectivity index (χ4n) is 3.88. The van der Waals surface area contributed by atoms with Gasteiger partial charge in [-0.1, -0.05) is 66.2 Å². The van der Waals surface area contributed by atoms with Gasteiger partial charge in [-0.2, -0.15) is 0 Å². The predicted molar refractivity (Wildman–Crippen MR) is 137 cm³/mol. The molecular weight excluding hydrogens is 482 g/mol. The zero-order chi connectivity index (χ0) is 24.8. The topological polar surface area (TPSA) is 77.8 Å². The molecule has 0 spiro atoms. The van der Waals surface area contributed by atoms with Crippen LogP contribution in [0.2, 0.25) is 5.02 Å². The lowest BCUT2D eigenvalue weighted by Crippen LogP contribution is -2.28. The number of hydrogen-bond acceptors (Lipinski definition) is 5. The Balaban J connectivity index is 1.53. The van der Waals surface area contributed by atoms with Gasteiger partial charge in [0.25, 0.3) is 0 Å². The molecule has 5 nitrogen and oxygen atoms in total. The Labute approximate surface area is 210 Å². The summed E-state index contributed by atoms with van der Waals surface area (Å²) >= 11 is 6.10. The van der Waals surface area contributed by atoms with Crippen molar-refractivity contribution < 1.29 is 18.6 Å². The first-order chi connectivity index (χ1) is 16.8. The summed E-state index contributed by atoms with van der Waals surface area (Å²) in [4.78, 5) is 2.42. The fraction of sp³-hybridized carbons (Fsp3) is 0.143. The number of aliphatic hydroxyl groups is 1. The van der Waals surface area contributed by atoms with E-state index in [9.17, 15) is 18.6 Å². The Morgan fingerprint density at radius 3 is 1.91 bits per heavy atom. The highest BCUT2D eigenvalue weighted by Crippen LogP contribution is 2.24. The molecule has 1 unspecified atom stereocenters. The number of aromatic hydroxyl groups is 1. The maximum Gasteiger partial charge on any atom is 0.206 e. The molecule has 0 aliphatic carbocycles. The van der Waals surface area contributed by atoms with Crippen molar-refractivity contribution in [3.63, 3.8) is 0 Å². The van der Waals surface area contributed by atoms with Crippen LogP contribution in [0.1, 0.15) is 22.8 Å². The SMILES string of the molecule is O=S(=O)(c1ccc(O)cc1)c1ccc(CN(Cc2ccccc2)CC(O)c2cccc(Cl)c2)cc1. The average Bonchev–Trinajstić information content (AvgIpc) is 2.85. The molecule has 0 amide bonds. The van der Waals surface area contributed by atoms with Crippen molar-refractivity contribution in [1.29, 1.82) is 0 Å². The van der Waals surface area contributed by atoms with E-state index in [4.69, 9.17) is 11.6 Å². The molecule has 0 aliphatic rings. The summed E-state index contributed by atoms with van der Waals surface area (Å²) in [6.07, 6.45) is -0.730. The fourth-order valence-corrected chi connectivity index (χ4v) is 5.34. The van der Waals surface area contributed by atoms with Crippen molar-refractivity contribution in [3.8, 4) is 5.75 Å². The molecular formula is C28H26ClNO4S. The summed E-state index contributed by atoms with van der Waals surface area (Å²) in [7, 11) is -3.69. The first-order valence-corrected chi connectivity index (χ1v) is 13.0. The van der Waals surface area contributed by atoms with Gasteiger partial charge in [-0.3, -0.25) is 4.90 Å². The van der Waals surface area contributed by atoms with Gasteiger partial charge in [0.1, 0.15) is 5.75 Å². The van der Waals surface area contributed by atoms with Gasteiger partial charge in [0.05, 0.1) is 15.9 Å². The molecule has 4 aromatic carbocycles. The molecule has 4 aromatic rings. The Hall–Kier alpha value is -3.16. The molecule has 180 valence electrons. The summed E-state index contributed by atoms with van der Waals surface area (Å²) in [6, 6.07) is 29.4. The smallest absolute Gasteiger partial charge is 0.206 e. The van der Waals surface area contributed by atoms with E-state index in [0.717, 1.165) is 16.7 Å². The van der Waals surface area contributed by atoms with Crippen LogP contribution in [0.4, 0.5) is 0 Å². The zero-order valence-electron chi connectivity index (χ0n) is 19.0. The van der Waals surface area contributed by atoms with Gasteiger partial charge in [-0.05, 0) is 65.2 Å². The number of nitrogens with zero attached hydrogens (tertiary/aromatic N) is 1. The molecule has 35 heavy (non-hydrogen) atoms. The summed E-state index contributed by atoms with van der Waals surface area (Å²) in [5.74, 6) is 0.0118. The second-order valence-electron chi connectivity index (χ2n) is 8.37. The zero-order valence-corrected chi connectivity index (χ0v) is 20.5. The highest BCUT2D eigenvalue weighted by Gasteiger charge is 2.19. The molecule has 0 aromatic heterocycles. The molecule has 7 heteroatoms. The van der Waals surface area contributed by atoms with E-state index in [1.807, 2.05) is 42.5 Å². The van der Waals surface area contributed by atoms with Crippen LogP contribution in [-0.4, -0.2) is 30.1 Å². The standard InChI is InChI=1S/C28H26ClNO4S/c29-24-8-4-7-23(17-24)28(32)20-30(18-21-5-2-1-3-6-21)19-22-9-13-26(14-10-22)35(33,34)27-15-11-25(31)12-16-27/h1-17,28,31-32H,18-20H2. The molecule has 1 atom stereocenters. The number of benzene rings is 4. The summed E-state index contributed by atoms with van der Waals surface area (Å²) in [5.41, 5.74) is 2.77. The highest BCUT2D eigenvalue weighted by atomic mass is 35.5. The van der Waals surface area contributed by atoms with Crippen molar-refractivity contribution in [2.24, 2.45) is 0 Å². The Kier molecular flexibility index (Phi) is 7.88. The molecule has 2 N–H and O–H groups in total. The van der Waals surface area contributed by atoms with E-state index in [-0.39, 0.29) is 15.5 Å². The van der Waals surface area contributed by atoms with Crippen molar-refractivity contribution in [1.82, 2.24) is 4.90 Å². The van der Waals surface area contributed by atoms with Gasteiger partial charge in [0.15, 0.2) is 0 Å². The van der Waals surface area contributed by atoms with Gasteiger partial charge in [0, 0.05) is 24.7 Å². The van der Waals surface area contributed by atoms with E-state index in [2.05, 4.69) is 4.90 Å². The number of phenols is 1. The van der Waals surface area contributed by atoms with Gasteiger partial charge < -0.3 is 10.2 Å². The first kappa shape index (κ1) is 24.9. The van der Waals surface area contributed by atoms with E-state index in [1.165, 1.54) is 24.3 Å². The summed E-state index contributed by atoms with van der Waals surface area (Å²) < 4.78 is 25.8. The monoisotopic (exact) mass is 507 g/mol. The molecule has 0 saturated heterocycles.